The van der Waals surface area contributed by atoms with Gasteiger partial charge in [-0.3, -0.25) is 9.59 Å². The first-order valence-electron chi connectivity index (χ1n) is 8.98. The lowest BCUT2D eigenvalue weighted by atomic mass is 10.1. The number of nitrogen functional groups attached to an aromatic ring is 1. The maximum absolute atomic E-state index is 12.6. The van der Waals surface area contributed by atoms with Gasteiger partial charge in [0, 0.05) is 11.1 Å². The summed E-state index contributed by atoms with van der Waals surface area (Å²) >= 11 is 0. The molecule has 1 aliphatic rings. The van der Waals surface area contributed by atoms with Crippen LogP contribution in [0, 0.1) is 6.92 Å². The zero-order valence-electron chi connectivity index (χ0n) is 15.3. The summed E-state index contributed by atoms with van der Waals surface area (Å²) in [5.41, 5.74) is 8.46. The highest BCUT2D eigenvalue weighted by atomic mass is 16.3. The van der Waals surface area contributed by atoms with Crippen molar-refractivity contribution in [3.8, 4) is 5.75 Å². The molecular weight excluding hydrogens is 356 g/mol. The van der Waals surface area contributed by atoms with E-state index in [4.69, 9.17) is 5.73 Å². The van der Waals surface area contributed by atoms with Crippen molar-refractivity contribution < 1.29 is 14.7 Å². The van der Waals surface area contributed by atoms with E-state index in [0.29, 0.717) is 17.5 Å². The van der Waals surface area contributed by atoms with Crippen molar-refractivity contribution in [1.29, 1.82) is 0 Å². The van der Waals surface area contributed by atoms with E-state index in [1.807, 2.05) is 19.1 Å². The third kappa shape index (κ3) is 3.34. The summed E-state index contributed by atoms with van der Waals surface area (Å²) in [5.74, 6) is -0.182. The highest BCUT2D eigenvalue weighted by Gasteiger charge is 2.42. The van der Waals surface area contributed by atoms with Crippen LogP contribution in [0.2, 0.25) is 0 Å². The van der Waals surface area contributed by atoms with Gasteiger partial charge in [0.25, 0.3) is 5.91 Å². The number of ketones is 1. The molecule has 2 unspecified atom stereocenters. The maximum atomic E-state index is 12.6. The number of benzene rings is 2. The van der Waals surface area contributed by atoms with Crippen molar-refractivity contribution in [2.75, 3.05) is 5.73 Å². The largest absolute Gasteiger partial charge is 0.508 e. The van der Waals surface area contributed by atoms with Crippen LogP contribution in [0.1, 0.15) is 44.3 Å². The quantitative estimate of drug-likeness (QED) is 0.593. The average molecular weight is 376 g/mol. The normalized spacial score (nSPS) is 17.9. The summed E-state index contributed by atoms with van der Waals surface area (Å²) in [6.07, 6.45) is 2.13. The molecule has 2 aromatic carbocycles. The Morgan fingerprint density at radius 2 is 1.93 bits per heavy atom. The van der Waals surface area contributed by atoms with Gasteiger partial charge in [0.05, 0.1) is 23.8 Å². The summed E-state index contributed by atoms with van der Waals surface area (Å²) in [5, 5.41) is 16.8. The summed E-state index contributed by atoms with van der Waals surface area (Å²) in [7, 11) is 0. The number of carbonyl (C=O) groups is 2. The van der Waals surface area contributed by atoms with Crippen molar-refractivity contribution >= 4 is 17.5 Å². The topological polar surface area (TPSA) is 110 Å². The molecule has 1 amide bonds. The number of hydrogen-bond donors (Lipinski definition) is 3. The first kappa shape index (κ1) is 17.8. The van der Waals surface area contributed by atoms with Crippen LogP contribution >= 0.6 is 0 Å². The number of nitrogens with one attached hydrogen (secondary N) is 1. The zero-order valence-corrected chi connectivity index (χ0v) is 15.3. The summed E-state index contributed by atoms with van der Waals surface area (Å²) in [6, 6.07) is 13.3. The Hall–Kier alpha value is -3.61. The Morgan fingerprint density at radius 3 is 2.64 bits per heavy atom. The third-order valence-corrected chi connectivity index (χ3v) is 4.89. The summed E-state index contributed by atoms with van der Waals surface area (Å²) in [4.78, 5) is 25.0. The van der Waals surface area contributed by atoms with E-state index >= 15 is 0 Å². The van der Waals surface area contributed by atoms with Crippen LogP contribution in [-0.4, -0.2) is 32.6 Å². The molecule has 7 nitrogen and oxygen atoms in total. The van der Waals surface area contributed by atoms with E-state index in [9.17, 15) is 14.7 Å². The molecule has 3 aromatic rings. The monoisotopic (exact) mass is 376 g/mol. The molecule has 4 N–H and O–H groups in total. The minimum atomic E-state index is -0.305. The van der Waals surface area contributed by atoms with Crippen molar-refractivity contribution in [1.82, 2.24) is 15.1 Å². The lowest BCUT2D eigenvalue weighted by Crippen LogP contribution is -2.27. The minimum absolute atomic E-state index is 0.0119. The molecule has 1 aromatic heterocycles. The predicted octanol–water partition coefficient (Wildman–Crippen LogP) is 2.45. The number of anilines is 1. The Balaban J connectivity index is 1.46. The Kier molecular flexibility index (Phi) is 4.35. The van der Waals surface area contributed by atoms with Crippen LogP contribution < -0.4 is 11.1 Å². The molecule has 0 bridgehead atoms. The fourth-order valence-corrected chi connectivity index (χ4v) is 3.18. The molecule has 0 spiro atoms. The zero-order chi connectivity index (χ0) is 19.8. The highest BCUT2D eigenvalue weighted by molar-refractivity contribution is 6.11. The van der Waals surface area contributed by atoms with Gasteiger partial charge in [-0.2, -0.15) is 5.10 Å². The van der Waals surface area contributed by atoms with Crippen LogP contribution in [0.15, 0.2) is 54.7 Å². The molecule has 1 fully saturated rings. The number of amides is 1. The minimum Gasteiger partial charge on any atom is -0.508 e. The Morgan fingerprint density at radius 1 is 1.18 bits per heavy atom. The van der Waals surface area contributed by atoms with E-state index in [1.54, 1.807) is 28.9 Å². The number of aromatic hydroxyl groups is 1. The molecule has 0 saturated heterocycles. The predicted molar refractivity (Wildman–Crippen MR) is 104 cm³/mol. The second-order valence-electron chi connectivity index (χ2n) is 7.02. The van der Waals surface area contributed by atoms with Crippen LogP contribution in [0.3, 0.4) is 0 Å². The second-order valence-corrected chi connectivity index (χ2v) is 7.02. The SMILES string of the molecule is Cc1ccc(C(=O)NC2CC2n2ncc(C(=O)c3cccc(O)c3)c2N)cc1. The standard InChI is InChI=1S/C21H20N4O3/c1-12-5-7-13(8-6-12)21(28)24-17-10-18(17)25-20(22)16(11-23-25)19(27)14-3-2-4-15(26)9-14/h2-9,11,17-18,26H,10,22H2,1H3,(H,24,28). The third-order valence-electron chi connectivity index (χ3n) is 4.89. The highest BCUT2D eigenvalue weighted by Crippen LogP contribution is 2.38. The average Bonchev–Trinajstić information content (AvgIpc) is 3.32. The Bertz CT molecular complexity index is 1060. The van der Waals surface area contributed by atoms with E-state index in [0.717, 1.165) is 5.56 Å². The smallest absolute Gasteiger partial charge is 0.251 e. The molecule has 1 heterocycles. The number of phenols is 1. The summed E-state index contributed by atoms with van der Waals surface area (Å²) in [6.45, 7) is 1.97. The number of carbonyl (C=O) groups excluding carboxylic acids is 2. The molecule has 1 aliphatic carbocycles. The summed E-state index contributed by atoms with van der Waals surface area (Å²) < 4.78 is 1.58. The number of hydrogen-bond acceptors (Lipinski definition) is 5. The molecule has 7 heteroatoms. The molecule has 142 valence electrons. The van der Waals surface area contributed by atoms with Gasteiger partial charge in [-0.25, -0.2) is 4.68 Å². The number of aromatic nitrogens is 2. The van der Waals surface area contributed by atoms with Crippen LogP contribution in [0.4, 0.5) is 5.82 Å². The van der Waals surface area contributed by atoms with Gasteiger partial charge < -0.3 is 16.2 Å². The fourth-order valence-electron chi connectivity index (χ4n) is 3.18. The van der Waals surface area contributed by atoms with E-state index < -0.39 is 0 Å². The maximum Gasteiger partial charge on any atom is 0.251 e. The second kappa shape index (κ2) is 6.84. The van der Waals surface area contributed by atoms with E-state index in [-0.39, 0.29) is 40.9 Å². The fraction of sp³-hybridized carbons (Fsp3) is 0.190. The number of phenolic OH excluding ortho intramolecular Hbond substituents is 1. The Labute approximate surface area is 161 Å². The van der Waals surface area contributed by atoms with Gasteiger partial charge >= 0.3 is 0 Å². The number of aryl methyl sites for hydroxylation is 1. The number of nitrogens with two attached hydrogens (primary N) is 1. The van der Waals surface area contributed by atoms with Gasteiger partial charge in [-0.15, -0.1) is 0 Å². The van der Waals surface area contributed by atoms with Crippen molar-refractivity contribution in [2.45, 2.75) is 25.4 Å². The van der Waals surface area contributed by atoms with Gasteiger partial charge in [-0.05, 0) is 37.6 Å². The molecule has 4 rings (SSSR count). The van der Waals surface area contributed by atoms with E-state index in [1.165, 1.54) is 18.3 Å². The van der Waals surface area contributed by atoms with Gasteiger partial charge in [-0.1, -0.05) is 29.8 Å². The molecule has 1 saturated carbocycles. The lowest BCUT2D eigenvalue weighted by molar-refractivity contribution is 0.0948. The first-order chi connectivity index (χ1) is 13.4. The number of nitrogens with zero attached hydrogens (tertiary/aromatic N) is 2. The van der Waals surface area contributed by atoms with Crippen molar-refractivity contribution in [3.63, 3.8) is 0 Å². The van der Waals surface area contributed by atoms with Crippen LogP contribution in [0.25, 0.3) is 0 Å². The van der Waals surface area contributed by atoms with Crippen molar-refractivity contribution in [2.24, 2.45) is 0 Å². The van der Waals surface area contributed by atoms with Crippen LogP contribution in [0.5, 0.6) is 5.75 Å². The molecule has 0 radical (unpaired) electrons. The van der Waals surface area contributed by atoms with Gasteiger partial charge in [0.15, 0.2) is 5.78 Å². The van der Waals surface area contributed by atoms with Gasteiger partial charge in [0.2, 0.25) is 0 Å². The molecule has 28 heavy (non-hydrogen) atoms. The van der Waals surface area contributed by atoms with E-state index in [2.05, 4.69) is 10.4 Å². The number of rotatable bonds is 5. The molecule has 2 atom stereocenters. The lowest BCUT2D eigenvalue weighted by Gasteiger charge is -2.07. The first-order valence-corrected chi connectivity index (χ1v) is 8.98. The van der Waals surface area contributed by atoms with Crippen molar-refractivity contribution in [3.05, 3.63) is 77.0 Å². The molecular formula is C21H20N4O3. The molecule has 0 aliphatic heterocycles. The van der Waals surface area contributed by atoms with Gasteiger partial charge in [0.1, 0.15) is 11.6 Å². The van der Waals surface area contributed by atoms with Crippen LogP contribution in [-0.2, 0) is 0 Å².